The largest absolute Gasteiger partial charge is 0.418 e. The second-order valence-corrected chi connectivity index (χ2v) is 6.27. The van der Waals surface area contributed by atoms with E-state index in [9.17, 15) is 18.0 Å². The molecule has 0 saturated heterocycles. The Morgan fingerprint density at radius 3 is 2.62 bits per heavy atom. The third-order valence-electron chi connectivity index (χ3n) is 3.41. The number of hydrogen-bond acceptors (Lipinski definition) is 4. The van der Waals surface area contributed by atoms with Gasteiger partial charge in [0.25, 0.3) is 5.91 Å². The maximum absolute atomic E-state index is 13.2. The Bertz CT molecular complexity index is 781. The average Bonchev–Trinajstić information content (AvgIpc) is 2.55. The lowest BCUT2D eigenvalue weighted by molar-refractivity contribution is -0.136. The minimum absolute atomic E-state index is 0.0185. The molecule has 0 atom stereocenters. The van der Waals surface area contributed by atoms with Crippen LogP contribution in [0.3, 0.4) is 0 Å². The minimum Gasteiger partial charge on any atom is -0.354 e. The summed E-state index contributed by atoms with van der Waals surface area (Å²) in [5.41, 5.74) is -0.561. The van der Waals surface area contributed by atoms with Gasteiger partial charge in [-0.25, -0.2) is 0 Å². The van der Waals surface area contributed by atoms with Gasteiger partial charge in [-0.1, -0.05) is 11.6 Å². The van der Waals surface area contributed by atoms with Crippen molar-refractivity contribution in [1.29, 1.82) is 0 Å². The second-order valence-electron chi connectivity index (χ2n) is 5.83. The van der Waals surface area contributed by atoms with Crippen LogP contribution in [0.5, 0.6) is 0 Å². The highest BCUT2D eigenvalue weighted by Gasteiger charge is 2.33. The van der Waals surface area contributed by atoms with E-state index in [4.69, 9.17) is 11.6 Å². The number of alkyl halides is 3. The van der Waals surface area contributed by atoms with E-state index in [1.165, 1.54) is 30.6 Å². The van der Waals surface area contributed by atoms with Crippen molar-refractivity contribution < 1.29 is 18.0 Å². The third kappa shape index (κ3) is 5.60. The van der Waals surface area contributed by atoms with E-state index >= 15 is 0 Å². The summed E-state index contributed by atoms with van der Waals surface area (Å²) in [6.45, 7) is 1.11. The lowest BCUT2D eigenvalue weighted by Crippen LogP contribution is -2.31. The van der Waals surface area contributed by atoms with Gasteiger partial charge in [-0.15, -0.1) is 0 Å². The van der Waals surface area contributed by atoms with Crippen LogP contribution in [0.15, 0.2) is 36.7 Å². The van der Waals surface area contributed by atoms with E-state index in [1.54, 1.807) is 0 Å². The highest BCUT2D eigenvalue weighted by atomic mass is 35.5. The van der Waals surface area contributed by atoms with Crippen LogP contribution in [0, 0.1) is 0 Å². The van der Waals surface area contributed by atoms with Crippen molar-refractivity contribution in [2.45, 2.75) is 6.18 Å². The fraction of sp³-hybridized carbons (Fsp3) is 0.294. The standard InChI is InChI=1S/C17H18ClF3N4O/c1-25(2)6-5-23-16(26)11-7-13(10-22-9-11)24-15-4-3-12(18)8-14(15)17(19,20)21/h3-4,7-10,24H,5-6H2,1-2H3,(H,23,26). The number of anilines is 2. The van der Waals surface area contributed by atoms with Gasteiger partial charge in [0.15, 0.2) is 0 Å². The fourth-order valence-corrected chi connectivity index (χ4v) is 2.32. The van der Waals surface area contributed by atoms with E-state index < -0.39 is 11.7 Å². The lowest BCUT2D eigenvalue weighted by Gasteiger charge is -2.15. The number of nitrogens with zero attached hydrogens (tertiary/aromatic N) is 2. The molecule has 1 heterocycles. The first kappa shape index (κ1) is 20.0. The molecule has 0 fully saturated rings. The second kappa shape index (κ2) is 8.37. The van der Waals surface area contributed by atoms with Crippen molar-refractivity contribution in [2.24, 2.45) is 0 Å². The molecule has 9 heteroatoms. The van der Waals surface area contributed by atoms with Crippen molar-refractivity contribution in [1.82, 2.24) is 15.2 Å². The van der Waals surface area contributed by atoms with E-state index in [2.05, 4.69) is 15.6 Å². The summed E-state index contributed by atoms with van der Waals surface area (Å²) >= 11 is 5.67. The molecular formula is C17H18ClF3N4O. The number of amides is 1. The molecule has 0 spiro atoms. The Balaban J connectivity index is 2.18. The number of carbonyl (C=O) groups excluding carboxylic acids is 1. The van der Waals surface area contributed by atoms with E-state index in [-0.39, 0.29) is 27.9 Å². The zero-order valence-electron chi connectivity index (χ0n) is 14.2. The van der Waals surface area contributed by atoms with Crippen LogP contribution in [0.4, 0.5) is 24.5 Å². The topological polar surface area (TPSA) is 57.3 Å². The maximum atomic E-state index is 13.2. The summed E-state index contributed by atoms with van der Waals surface area (Å²) in [5, 5.41) is 5.35. The van der Waals surface area contributed by atoms with Crippen molar-refractivity contribution in [3.05, 3.63) is 52.8 Å². The molecule has 0 aliphatic carbocycles. The van der Waals surface area contributed by atoms with Crippen molar-refractivity contribution in [3.63, 3.8) is 0 Å². The van der Waals surface area contributed by atoms with Crippen LogP contribution >= 0.6 is 11.6 Å². The number of rotatable bonds is 6. The van der Waals surface area contributed by atoms with Gasteiger partial charge < -0.3 is 15.5 Å². The van der Waals surface area contributed by atoms with Gasteiger partial charge in [0.1, 0.15) is 0 Å². The van der Waals surface area contributed by atoms with Crippen molar-refractivity contribution in [2.75, 3.05) is 32.5 Å². The fourth-order valence-electron chi connectivity index (χ4n) is 2.14. The Morgan fingerprint density at radius 2 is 1.96 bits per heavy atom. The minimum atomic E-state index is -4.57. The molecule has 5 nitrogen and oxygen atoms in total. The zero-order chi connectivity index (χ0) is 19.3. The lowest BCUT2D eigenvalue weighted by atomic mass is 10.1. The predicted molar refractivity (Wildman–Crippen MR) is 94.9 cm³/mol. The molecule has 0 radical (unpaired) electrons. The smallest absolute Gasteiger partial charge is 0.354 e. The van der Waals surface area contributed by atoms with Crippen LogP contribution in [0.2, 0.25) is 5.02 Å². The number of benzene rings is 1. The number of carbonyl (C=O) groups is 1. The van der Waals surface area contributed by atoms with Gasteiger partial charge in [0.05, 0.1) is 28.7 Å². The van der Waals surface area contributed by atoms with Crippen molar-refractivity contribution in [3.8, 4) is 0 Å². The van der Waals surface area contributed by atoms with Crippen LogP contribution in [-0.4, -0.2) is 43.0 Å². The van der Waals surface area contributed by atoms with Crippen LogP contribution in [-0.2, 0) is 6.18 Å². The summed E-state index contributed by atoms with van der Waals surface area (Å²) in [7, 11) is 3.76. The van der Waals surface area contributed by atoms with E-state index in [1.807, 2.05) is 19.0 Å². The Morgan fingerprint density at radius 1 is 1.23 bits per heavy atom. The Labute approximate surface area is 154 Å². The SMILES string of the molecule is CN(C)CCNC(=O)c1cncc(Nc2ccc(Cl)cc2C(F)(F)F)c1. The molecule has 0 aliphatic heterocycles. The van der Waals surface area contributed by atoms with Crippen LogP contribution in [0.25, 0.3) is 0 Å². The van der Waals surface area contributed by atoms with Gasteiger partial charge >= 0.3 is 6.18 Å². The first-order valence-corrected chi connectivity index (χ1v) is 8.06. The predicted octanol–water partition coefficient (Wildman–Crippen LogP) is 3.79. The van der Waals surface area contributed by atoms with Crippen LogP contribution < -0.4 is 10.6 Å². The molecule has 0 unspecified atom stereocenters. The molecule has 2 N–H and O–H groups in total. The van der Waals surface area contributed by atoms with Gasteiger partial charge in [-0.2, -0.15) is 13.2 Å². The monoisotopic (exact) mass is 386 g/mol. The van der Waals surface area contributed by atoms with Gasteiger partial charge in [-0.3, -0.25) is 9.78 Å². The molecule has 26 heavy (non-hydrogen) atoms. The first-order chi connectivity index (χ1) is 12.2. The average molecular weight is 387 g/mol. The summed E-state index contributed by atoms with van der Waals surface area (Å²) in [6.07, 6.45) is -1.88. The zero-order valence-corrected chi connectivity index (χ0v) is 14.9. The Hall–Kier alpha value is -2.32. The molecule has 140 valence electrons. The normalized spacial score (nSPS) is 11.5. The number of likely N-dealkylation sites (N-methyl/N-ethyl adjacent to an activating group) is 1. The summed E-state index contributed by atoms with van der Waals surface area (Å²) in [4.78, 5) is 17.9. The number of aromatic nitrogens is 1. The first-order valence-electron chi connectivity index (χ1n) is 7.68. The summed E-state index contributed by atoms with van der Waals surface area (Å²) in [5.74, 6) is -0.352. The van der Waals surface area contributed by atoms with Crippen molar-refractivity contribution >= 4 is 28.9 Å². The summed E-state index contributed by atoms with van der Waals surface area (Å²) in [6, 6.07) is 4.86. The molecule has 2 aromatic rings. The van der Waals surface area contributed by atoms with E-state index in [0.717, 1.165) is 6.07 Å². The molecular weight excluding hydrogens is 369 g/mol. The van der Waals surface area contributed by atoms with Gasteiger partial charge in [0, 0.05) is 24.3 Å². The number of pyridine rings is 1. The van der Waals surface area contributed by atoms with E-state index in [0.29, 0.717) is 13.1 Å². The van der Waals surface area contributed by atoms with Gasteiger partial charge in [0.2, 0.25) is 0 Å². The molecule has 0 saturated carbocycles. The van der Waals surface area contributed by atoms with Crippen LogP contribution in [0.1, 0.15) is 15.9 Å². The molecule has 1 aromatic heterocycles. The molecule has 1 aromatic carbocycles. The quantitative estimate of drug-likeness (QED) is 0.793. The Kier molecular flexibility index (Phi) is 6.44. The third-order valence-corrected chi connectivity index (χ3v) is 3.65. The summed E-state index contributed by atoms with van der Waals surface area (Å²) < 4.78 is 39.5. The maximum Gasteiger partial charge on any atom is 0.418 e. The molecule has 1 amide bonds. The molecule has 0 aliphatic rings. The van der Waals surface area contributed by atoms with Gasteiger partial charge in [-0.05, 0) is 38.4 Å². The molecule has 2 rings (SSSR count). The number of halogens is 4. The number of nitrogens with one attached hydrogen (secondary N) is 2. The molecule has 0 bridgehead atoms. The highest BCUT2D eigenvalue weighted by molar-refractivity contribution is 6.30. The number of hydrogen-bond donors (Lipinski definition) is 2. The highest BCUT2D eigenvalue weighted by Crippen LogP contribution is 2.37.